The van der Waals surface area contributed by atoms with Gasteiger partial charge in [0.2, 0.25) is 5.91 Å². The third kappa shape index (κ3) is 3.22. The van der Waals surface area contributed by atoms with Gasteiger partial charge in [0, 0.05) is 49.7 Å². The zero-order valence-electron chi connectivity index (χ0n) is 20.1. The van der Waals surface area contributed by atoms with Crippen molar-refractivity contribution in [3.63, 3.8) is 0 Å². The largest absolute Gasteiger partial charge is 0.464 e. The van der Waals surface area contributed by atoms with E-state index < -0.39 is 5.41 Å². The second-order valence-corrected chi connectivity index (χ2v) is 10.3. The van der Waals surface area contributed by atoms with Gasteiger partial charge < -0.3 is 24.1 Å². The Labute approximate surface area is 203 Å². The first-order chi connectivity index (χ1) is 16.9. The Balaban J connectivity index is 1.35. The molecule has 3 amide bonds. The molecule has 2 aromatic heterocycles. The summed E-state index contributed by atoms with van der Waals surface area (Å²) >= 11 is 0. The standard InChI is InChI=1S/C27H30N4O4/c1-17(2)28-26(34)29-11-5-6-18(15-29)16-31-21-8-4-3-7-20(21)27(25(31)33)10-12-30-23(27)14-22-19(24(30)32)9-13-35-22/h3-4,7-9,13-14,17-18H,5-6,10-12,15-16H2,1-2H3,(H,28,34). The van der Waals surface area contributed by atoms with Crippen LogP contribution in [0, 0.1) is 5.92 Å². The van der Waals surface area contributed by atoms with Crippen molar-refractivity contribution >= 4 is 28.6 Å². The second-order valence-electron chi connectivity index (χ2n) is 10.3. The molecule has 0 radical (unpaired) electrons. The number of benzene rings is 1. The summed E-state index contributed by atoms with van der Waals surface area (Å²) in [5.74, 6) is 0.198. The Morgan fingerprint density at radius 3 is 2.86 bits per heavy atom. The molecule has 1 aromatic carbocycles. The smallest absolute Gasteiger partial charge is 0.317 e. The fourth-order valence-corrected chi connectivity index (χ4v) is 6.24. The molecule has 8 heteroatoms. The summed E-state index contributed by atoms with van der Waals surface area (Å²) in [6, 6.07) is 11.5. The highest BCUT2D eigenvalue weighted by atomic mass is 16.3. The summed E-state index contributed by atoms with van der Waals surface area (Å²) in [5, 5.41) is 3.53. The van der Waals surface area contributed by atoms with E-state index in [0.717, 1.165) is 30.6 Å². The van der Waals surface area contributed by atoms with Crippen LogP contribution in [0.1, 0.15) is 44.4 Å². The van der Waals surface area contributed by atoms with Crippen LogP contribution in [-0.4, -0.2) is 47.1 Å². The molecule has 6 rings (SSSR count). The van der Waals surface area contributed by atoms with Gasteiger partial charge >= 0.3 is 6.03 Å². The molecule has 2 unspecified atom stereocenters. The first-order valence-electron chi connectivity index (χ1n) is 12.5. The lowest BCUT2D eigenvalue weighted by molar-refractivity contribution is -0.122. The number of pyridine rings is 1. The minimum atomic E-state index is -0.889. The Bertz CT molecular complexity index is 1390. The van der Waals surface area contributed by atoms with Crippen LogP contribution >= 0.6 is 0 Å². The second kappa shape index (κ2) is 8.00. The van der Waals surface area contributed by atoms with Gasteiger partial charge in [0.15, 0.2) is 0 Å². The maximum atomic E-state index is 14.3. The third-order valence-electron chi connectivity index (χ3n) is 7.80. The first kappa shape index (κ1) is 21.9. The van der Waals surface area contributed by atoms with Crippen molar-refractivity contribution in [1.29, 1.82) is 0 Å². The van der Waals surface area contributed by atoms with Crippen molar-refractivity contribution in [3.8, 4) is 0 Å². The minimum absolute atomic E-state index is 0.0130. The minimum Gasteiger partial charge on any atom is -0.464 e. The van der Waals surface area contributed by atoms with Gasteiger partial charge in [0.1, 0.15) is 11.0 Å². The highest BCUT2D eigenvalue weighted by Gasteiger charge is 2.56. The van der Waals surface area contributed by atoms with E-state index in [1.165, 1.54) is 6.26 Å². The third-order valence-corrected chi connectivity index (χ3v) is 7.80. The van der Waals surface area contributed by atoms with Crippen molar-refractivity contribution in [2.45, 2.75) is 51.1 Å². The maximum absolute atomic E-state index is 14.3. The summed E-state index contributed by atoms with van der Waals surface area (Å²) in [6.45, 7) is 6.32. The van der Waals surface area contributed by atoms with Crippen molar-refractivity contribution in [1.82, 2.24) is 14.8 Å². The molecule has 8 nitrogen and oxygen atoms in total. The van der Waals surface area contributed by atoms with Gasteiger partial charge in [0.25, 0.3) is 5.56 Å². The summed E-state index contributed by atoms with van der Waals surface area (Å²) in [7, 11) is 0. The maximum Gasteiger partial charge on any atom is 0.317 e. The van der Waals surface area contributed by atoms with Gasteiger partial charge in [-0.3, -0.25) is 9.59 Å². The van der Waals surface area contributed by atoms with Crippen LogP contribution in [0.15, 0.2) is 51.9 Å². The number of urea groups is 1. The monoisotopic (exact) mass is 474 g/mol. The molecule has 182 valence electrons. The van der Waals surface area contributed by atoms with Crippen LogP contribution in [0.4, 0.5) is 10.5 Å². The summed E-state index contributed by atoms with van der Waals surface area (Å²) in [5.41, 5.74) is 2.09. The number of rotatable bonds is 3. The average molecular weight is 475 g/mol. The molecule has 1 saturated heterocycles. The lowest BCUT2D eigenvalue weighted by Crippen LogP contribution is -2.50. The molecule has 0 aliphatic carbocycles. The lowest BCUT2D eigenvalue weighted by atomic mass is 9.77. The quantitative estimate of drug-likeness (QED) is 0.630. The number of piperidine rings is 1. The fourth-order valence-electron chi connectivity index (χ4n) is 6.24. The summed E-state index contributed by atoms with van der Waals surface area (Å²) in [6.07, 6.45) is 3.96. The van der Waals surface area contributed by atoms with E-state index in [1.807, 2.05) is 54.0 Å². The molecule has 3 aromatic rings. The molecule has 0 saturated carbocycles. The van der Waals surface area contributed by atoms with Crippen molar-refractivity contribution in [2.75, 3.05) is 24.5 Å². The van der Waals surface area contributed by atoms with Gasteiger partial charge in [-0.2, -0.15) is 0 Å². The zero-order chi connectivity index (χ0) is 24.3. The molecule has 5 heterocycles. The normalized spacial score (nSPS) is 23.4. The average Bonchev–Trinajstić information content (AvgIpc) is 3.53. The molecule has 3 aliphatic rings. The van der Waals surface area contributed by atoms with E-state index in [4.69, 9.17) is 4.42 Å². The molecular weight excluding hydrogens is 444 g/mol. The van der Waals surface area contributed by atoms with Crippen molar-refractivity contribution in [3.05, 3.63) is 64.3 Å². The molecule has 0 bridgehead atoms. The topological polar surface area (TPSA) is 87.8 Å². The molecule has 35 heavy (non-hydrogen) atoms. The molecule has 2 atom stereocenters. The number of anilines is 1. The predicted octanol–water partition coefficient (Wildman–Crippen LogP) is 3.46. The number of aromatic nitrogens is 1. The number of amides is 3. The number of carbonyl (C=O) groups excluding carboxylic acids is 2. The number of nitrogens with zero attached hydrogens (tertiary/aromatic N) is 3. The number of hydrogen-bond acceptors (Lipinski definition) is 4. The molecule has 1 N–H and O–H groups in total. The first-order valence-corrected chi connectivity index (χ1v) is 12.5. The van der Waals surface area contributed by atoms with Crippen LogP contribution < -0.4 is 15.8 Å². The number of carbonyl (C=O) groups is 2. The number of para-hydroxylation sites is 1. The molecule has 1 fully saturated rings. The van der Waals surface area contributed by atoms with E-state index in [-0.39, 0.29) is 29.5 Å². The predicted molar refractivity (Wildman–Crippen MR) is 133 cm³/mol. The van der Waals surface area contributed by atoms with E-state index in [9.17, 15) is 14.4 Å². The lowest BCUT2D eigenvalue weighted by Gasteiger charge is -2.35. The highest BCUT2D eigenvalue weighted by Crippen LogP contribution is 2.51. The van der Waals surface area contributed by atoms with Gasteiger partial charge in [-0.15, -0.1) is 0 Å². The molecular formula is C27H30N4O4. The summed E-state index contributed by atoms with van der Waals surface area (Å²) in [4.78, 5) is 43.8. The highest BCUT2D eigenvalue weighted by molar-refractivity contribution is 6.10. The van der Waals surface area contributed by atoms with Crippen LogP contribution in [0.2, 0.25) is 0 Å². The zero-order valence-corrected chi connectivity index (χ0v) is 20.1. The molecule has 3 aliphatic heterocycles. The van der Waals surface area contributed by atoms with Crippen LogP contribution in [0.5, 0.6) is 0 Å². The number of furan rings is 1. The van der Waals surface area contributed by atoms with Gasteiger partial charge in [-0.1, -0.05) is 18.2 Å². The summed E-state index contributed by atoms with van der Waals surface area (Å²) < 4.78 is 7.32. The van der Waals surface area contributed by atoms with Crippen molar-refractivity contribution < 1.29 is 14.0 Å². The van der Waals surface area contributed by atoms with E-state index in [0.29, 0.717) is 42.7 Å². The number of fused-ring (bicyclic) bond motifs is 5. The fraction of sp³-hybridized carbons (Fsp3) is 0.444. The van der Waals surface area contributed by atoms with Crippen LogP contribution in [-0.2, 0) is 16.8 Å². The molecule has 1 spiro atoms. The van der Waals surface area contributed by atoms with Gasteiger partial charge in [0.05, 0.1) is 11.6 Å². The van der Waals surface area contributed by atoms with Crippen LogP contribution in [0.25, 0.3) is 11.0 Å². The Morgan fingerprint density at radius 2 is 2.03 bits per heavy atom. The van der Waals surface area contributed by atoms with E-state index >= 15 is 0 Å². The Hall–Kier alpha value is -3.55. The SMILES string of the molecule is CC(C)NC(=O)N1CCCC(CN2C(=O)C3(CCn4c3cc3occc3c4=O)c3ccccc32)C1. The van der Waals surface area contributed by atoms with Crippen LogP contribution in [0.3, 0.4) is 0 Å². The number of hydrogen-bond donors (Lipinski definition) is 1. The number of nitrogens with one attached hydrogen (secondary N) is 1. The van der Waals surface area contributed by atoms with Gasteiger partial charge in [-0.05, 0) is 56.7 Å². The Morgan fingerprint density at radius 1 is 1.20 bits per heavy atom. The number of likely N-dealkylation sites (tertiary alicyclic amines) is 1. The van der Waals surface area contributed by atoms with Crippen molar-refractivity contribution in [2.24, 2.45) is 5.92 Å². The van der Waals surface area contributed by atoms with E-state index in [2.05, 4.69) is 5.32 Å². The van der Waals surface area contributed by atoms with Gasteiger partial charge in [-0.25, -0.2) is 4.79 Å². The van der Waals surface area contributed by atoms with E-state index in [1.54, 1.807) is 10.6 Å². The Kier molecular flexibility index (Phi) is 5.02.